The van der Waals surface area contributed by atoms with Crippen molar-refractivity contribution >= 4 is 6.03 Å². The SMILES string of the molecule is COc1cccc2c1OC[C@H](NC(=O)NC[C@@H]1CCOC1)C2. The van der Waals surface area contributed by atoms with E-state index in [0.717, 1.165) is 43.1 Å². The van der Waals surface area contributed by atoms with E-state index in [1.807, 2.05) is 18.2 Å². The number of fused-ring (bicyclic) bond motifs is 1. The number of carbonyl (C=O) groups excluding carboxylic acids is 1. The van der Waals surface area contributed by atoms with E-state index in [1.54, 1.807) is 7.11 Å². The van der Waals surface area contributed by atoms with Crippen molar-refractivity contribution in [3.63, 3.8) is 0 Å². The second-order valence-electron chi connectivity index (χ2n) is 5.74. The van der Waals surface area contributed by atoms with Gasteiger partial charge in [0, 0.05) is 24.6 Å². The highest BCUT2D eigenvalue weighted by atomic mass is 16.5. The average molecular weight is 306 g/mol. The lowest BCUT2D eigenvalue weighted by Crippen LogP contribution is -2.48. The van der Waals surface area contributed by atoms with Crippen LogP contribution in [0.5, 0.6) is 11.5 Å². The number of hydrogen-bond donors (Lipinski definition) is 2. The molecule has 0 saturated carbocycles. The van der Waals surface area contributed by atoms with E-state index in [4.69, 9.17) is 14.2 Å². The van der Waals surface area contributed by atoms with Crippen molar-refractivity contribution in [2.24, 2.45) is 5.92 Å². The molecule has 0 unspecified atom stereocenters. The summed E-state index contributed by atoms with van der Waals surface area (Å²) in [5.41, 5.74) is 1.06. The van der Waals surface area contributed by atoms with E-state index in [0.29, 0.717) is 19.1 Å². The second-order valence-corrected chi connectivity index (χ2v) is 5.74. The largest absolute Gasteiger partial charge is 0.493 e. The first-order valence-electron chi connectivity index (χ1n) is 7.67. The molecule has 1 aromatic rings. The number of carbonyl (C=O) groups is 1. The van der Waals surface area contributed by atoms with Crippen LogP contribution in [-0.4, -0.2) is 45.5 Å². The lowest BCUT2D eigenvalue weighted by Gasteiger charge is -2.27. The third-order valence-electron chi connectivity index (χ3n) is 4.09. The van der Waals surface area contributed by atoms with Crippen LogP contribution in [0.15, 0.2) is 18.2 Å². The predicted molar refractivity (Wildman–Crippen MR) is 81.4 cm³/mol. The molecule has 3 rings (SSSR count). The number of para-hydroxylation sites is 1. The van der Waals surface area contributed by atoms with Gasteiger partial charge in [-0.3, -0.25) is 0 Å². The maximum Gasteiger partial charge on any atom is 0.315 e. The molecule has 0 spiro atoms. The molecule has 2 heterocycles. The summed E-state index contributed by atoms with van der Waals surface area (Å²) >= 11 is 0. The molecule has 1 aromatic carbocycles. The van der Waals surface area contributed by atoms with Gasteiger partial charge in [0.15, 0.2) is 11.5 Å². The monoisotopic (exact) mass is 306 g/mol. The molecule has 0 aliphatic carbocycles. The molecule has 22 heavy (non-hydrogen) atoms. The Morgan fingerprint density at radius 3 is 3.09 bits per heavy atom. The first-order chi connectivity index (χ1) is 10.8. The van der Waals surface area contributed by atoms with Gasteiger partial charge in [0.25, 0.3) is 0 Å². The van der Waals surface area contributed by atoms with E-state index in [2.05, 4.69) is 10.6 Å². The van der Waals surface area contributed by atoms with Crippen LogP contribution in [0.4, 0.5) is 4.79 Å². The minimum Gasteiger partial charge on any atom is -0.493 e. The maximum atomic E-state index is 12.0. The summed E-state index contributed by atoms with van der Waals surface area (Å²) in [6.07, 6.45) is 1.76. The summed E-state index contributed by atoms with van der Waals surface area (Å²) in [6, 6.07) is 5.64. The Morgan fingerprint density at radius 1 is 1.41 bits per heavy atom. The summed E-state index contributed by atoms with van der Waals surface area (Å²) in [4.78, 5) is 12.0. The van der Waals surface area contributed by atoms with Crippen molar-refractivity contribution in [1.82, 2.24) is 10.6 Å². The number of rotatable bonds is 4. The molecular weight excluding hydrogens is 284 g/mol. The van der Waals surface area contributed by atoms with Gasteiger partial charge in [0.2, 0.25) is 0 Å². The van der Waals surface area contributed by atoms with Crippen molar-refractivity contribution in [3.8, 4) is 11.5 Å². The normalized spacial score (nSPS) is 23.3. The molecule has 6 nitrogen and oxygen atoms in total. The number of urea groups is 1. The van der Waals surface area contributed by atoms with Crippen LogP contribution in [0.1, 0.15) is 12.0 Å². The maximum absolute atomic E-state index is 12.0. The summed E-state index contributed by atoms with van der Waals surface area (Å²) in [7, 11) is 1.63. The fourth-order valence-electron chi connectivity index (χ4n) is 2.87. The highest BCUT2D eigenvalue weighted by molar-refractivity contribution is 5.74. The van der Waals surface area contributed by atoms with Gasteiger partial charge in [-0.1, -0.05) is 12.1 Å². The summed E-state index contributed by atoms with van der Waals surface area (Å²) < 4.78 is 16.3. The molecule has 2 aliphatic rings. The summed E-state index contributed by atoms with van der Waals surface area (Å²) in [6.45, 7) is 2.64. The molecular formula is C16H22N2O4. The van der Waals surface area contributed by atoms with Gasteiger partial charge in [-0.25, -0.2) is 4.79 Å². The lowest BCUT2D eigenvalue weighted by atomic mass is 10.0. The Kier molecular flexibility index (Phi) is 4.68. The molecule has 6 heteroatoms. The van der Waals surface area contributed by atoms with Crippen molar-refractivity contribution in [2.45, 2.75) is 18.9 Å². The van der Waals surface area contributed by atoms with E-state index in [-0.39, 0.29) is 12.1 Å². The van der Waals surface area contributed by atoms with Crippen LogP contribution in [-0.2, 0) is 11.2 Å². The predicted octanol–water partition coefficient (Wildman–Crippen LogP) is 1.33. The van der Waals surface area contributed by atoms with E-state index in [9.17, 15) is 4.79 Å². The molecule has 2 N–H and O–H groups in total. The first-order valence-corrected chi connectivity index (χ1v) is 7.67. The number of ether oxygens (including phenoxy) is 3. The quantitative estimate of drug-likeness (QED) is 0.881. The van der Waals surface area contributed by atoms with Gasteiger partial charge in [-0.05, 0) is 18.9 Å². The Hall–Kier alpha value is -1.95. The van der Waals surface area contributed by atoms with Crippen LogP contribution in [0, 0.1) is 5.92 Å². The minimum absolute atomic E-state index is 0.0283. The van der Waals surface area contributed by atoms with Crippen LogP contribution < -0.4 is 20.1 Å². The fraction of sp³-hybridized carbons (Fsp3) is 0.562. The van der Waals surface area contributed by atoms with Crippen LogP contribution in [0.2, 0.25) is 0 Å². The molecule has 0 radical (unpaired) electrons. The Bertz CT molecular complexity index is 529. The van der Waals surface area contributed by atoms with Gasteiger partial charge in [0.05, 0.1) is 19.8 Å². The van der Waals surface area contributed by atoms with Crippen LogP contribution in [0.3, 0.4) is 0 Å². The standard InChI is InChI=1S/C16H22N2O4/c1-20-14-4-2-3-12-7-13(10-22-15(12)14)18-16(19)17-8-11-5-6-21-9-11/h2-4,11,13H,5-10H2,1H3,(H2,17,18,19)/t11-,13+/m0/s1. The van der Waals surface area contributed by atoms with Gasteiger partial charge in [-0.2, -0.15) is 0 Å². The lowest BCUT2D eigenvalue weighted by molar-refractivity contribution is 0.184. The van der Waals surface area contributed by atoms with Gasteiger partial charge >= 0.3 is 6.03 Å². The Morgan fingerprint density at radius 2 is 2.32 bits per heavy atom. The topological polar surface area (TPSA) is 68.8 Å². The van der Waals surface area contributed by atoms with Crippen LogP contribution in [0.25, 0.3) is 0 Å². The summed E-state index contributed by atoms with van der Waals surface area (Å²) in [5, 5.41) is 5.87. The summed E-state index contributed by atoms with van der Waals surface area (Å²) in [5.74, 6) is 1.95. The number of hydrogen-bond acceptors (Lipinski definition) is 4. The van der Waals surface area contributed by atoms with Gasteiger partial charge in [0.1, 0.15) is 6.61 Å². The first kappa shape index (κ1) is 15.0. The number of benzene rings is 1. The van der Waals surface area contributed by atoms with Crippen molar-refractivity contribution in [3.05, 3.63) is 23.8 Å². The van der Waals surface area contributed by atoms with Gasteiger partial charge in [-0.15, -0.1) is 0 Å². The Balaban J connectivity index is 1.50. The molecule has 0 bridgehead atoms. The van der Waals surface area contributed by atoms with Crippen molar-refractivity contribution < 1.29 is 19.0 Å². The van der Waals surface area contributed by atoms with E-state index >= 15 is 0 Å². The third-order valence-corrected chi connectivity index (χ3v) is 4.09. The zero-order chi connectivity index (χ0) is 15.4. The Labute approximate surface area is 130 Å². The molecule has 0 aromatic heterocycles. The van der Waals surface area contributed by atoms with Crippen molar-refractivity contribution in [2.75, 3.05) is 33.5 Å². The van der Waals surface area contributed by atoms with Crippen LogP contribution >= 0.6 is 0 Å². The van der Waals surface area contributed by atoms with E-state index < -0.39 is 0 Å². The molecule has 120 valence electrons. The van der Waals surface area contributed by atoms with E-state index in [1.165, 1.54) is 0 Å². The third kappa shape index (κ3) is 3.44. The molecule has 2 atom stereocenters. The molecule has 1 saturated heterocycles. The fourth-order valence-corrected chi connectivity index (χ4v) is 2.87. The number of nitrogens with one attached hydrogen (secondary N) is 2. The number of methoxy groups -OCH3 is 1. The minimum atomic E-state index is -0.146. The zero-order valence-electron chi connectivity index (χ0n) is 12.8. The molecule has 1 fully saturated rings. The van der Waals surface area contributed by atoms with Gasteiger partial charge < -0.3 is 24.8 Å². The smallest absolute Gasteiger partial charge is 0.315 e. The highest BCUT2D eigenvalue weighted by Crippen LogP contribution is 2.34. The molecule has 2 amide bonds. The average Bonchev–Trinajstić information content (AvgIpc) is 3.05. The highest BCUT2D eigenvalue weighted by Gasteiger charge is 2.24. The number of amides is 2. The van der Waals surface area contributed by atoms with Crippen molar-refractivity contribution in [1.29, 1.82) is 0 Å². The zero-order valence-corrected chi connectivity index (χ0v) is 12.8. The second kappa shape index (κ2) is 6.87. The molecule has 2 aliphatic heterocycles.